The van der Waals surface area contributed by atoms with Gasteiger partial charge >= 0.3 is 4.87 Å². The number of halogens is 1. The molecule has 4 aromatic rings. The lowest BCUT2D eigenvalue weighted by atomic mass is 9.83. The van der Waals surface area contributed by atoms with E-state index < -0.39 is 17.1 Å². The number of hydrogen-bond acceptors (Lipinski definition) is 7. The number of benzene rings is 3. The highest BCUT2D eigenvalue weighted by atomic mass is 79.9. The van der Waals surface area contributed by atoms with E-state index in [2.05, 4.69) is 21.2 Å². The molecule has 208 valence electrons. The lowest BCUT2D eigenvalue weighted by Crippen LogP contribution is -2.33. The van der Waals surface area contributed by atoms with Gasteiger partial charge in [0.25, 0.3) is 0 Å². The number of imide groups is 1. The minimum absolute atomic E-state index is 0.210. The van der Waals surface area contributed by atoms with Crippen LogP contribution >= 0.6 is 39.0 Å². The van der Waals surface area contributed by atoms with Crippen molar-refractivity contribution >= 4 is 68.1 Å². The quantitative estimate of drug-likeness (QED) is 0.280. The number of nitrogens with one attached hydrogen (secondary N) is 1. The Morgan fingerprint density at radius 1 is 1.00 bits per heavy atom. The van der Waals surface area contributed by atoms with E-state index in [0.29, 0.717) is 27.0 Å². The van der Waals surface area contributed by atoms with Crippen LogP contribution in [0.25, 0.3) is 0 Å². The van der Waals surface area contributed by atoms with Crippen LogP contribution in [-0.2, 0) is 20.9 Å². The van der Waals surface area contributed by atoms with Gasteiger partial charge in [-0.3, -0.25) is 23.7 Å². The zero-order valence-corrected chi connectivity index (χ0v) is 25.2. The van der Waals surface area contributed by atoms with E-state index in [-0.39, 0.29) is 29.1 Å². The fourth-order valence-electron chi connectivity index (χ4n) is 5.28. The highest BCUT2D eigenvalue weighted by Crippen LogP contribution is 2.54. The summed E-state index contributed by atoms with van der Waals surface area (Å²) >= 11 is 5.74. The summed E-state index contributed by atoms with van der Waals surface area (Å²) in [6.07, 6.45) is 0. The lowest BCUT2D eigenvalue weighted by molar-refractivity contribution is -0.122. The van der Waals surface area contributed by atoms with Crippen LogP contribution in [0.15, 0.2) is 87.1 Å². The summed E-state index contributed by atoms with van der Waals surface area (Å²) in [5.74, 6) is -1.67. The summed E-state index contributed by atoms with van der Waals surface area (Å²) in [7, 11) is 1.55. The molecule has 3 aromatic carbocycles. The number of anilines is 2. The predicted octanol–water partition coefficient (Wildman–Crippen LogP) is 5.42. The third-order valence-electron chi connectivity index (χ3n) is 7.22. The highest BCUT2D eigenvalue weighted by molar-refractivity contribution is 9.10. The molecule has 0 unspecified atom stereocenters. The van der Waals surface area contributed by atoms with Gasteiger partial charge in [0.05, 0.1) is 23.7 Å². The molecule has 0 saturated carbocycles. The highest BCUT2D eigenvalue weighted by Gasteiger charge is 2.56. The minimum atomic E-state index is -0.763. The minimum Gasteiger partial charge on any atom is -0.497 e. The summed E-state index contributed by atoms with van der Waals surface area (Å²) < 4.78 is 7.47. The van der Waals surface area contributed by atoms with Crippen molar-refractivity contribution in [1.82, 2.24) is 4.57 Å². The van der Waals surface area contributed by atoms with Gasteiger partial charge in [-0.2, -0.15) is 0 Å². The monoisotopic (exact) mass is 649 g/mol. The summed E-state index contributed by atoms with van der Waals surface area (Å²) in [4.78, 5) is 55.7. The number of thioether (sulfide) groups is 1. The fraction of sp³-hybridized carbons (Fsp3) is 0.200. The normalized spacial score (nSPS) is 19.6. The van der Waals surface area contributed by atoms with Gasteiger partial charge in [0.1, 0.15) is 17.5 Å². The Labute approximate surface area is 252 Å². The molecule has 1 saturated heterocycles. The van der Waals surface area contributed by atoms with Crippen LogP contribution in [-0.4, -0.2) is 34.6 Å². The number of hydrogen-bond donors (Lipinski definition) is 1. The zero-order valence-electron chi connectivity index (χ0n) is 22.0. The van der Waals surface area contributed by atoms with Gasteiger partial charge in [-0.1, -0.05) is 68.9 Å². The van der Waals surface area contributed by atoms with Gasteiger partial charge in [0, 0.05) is 21.0 Å². The number of carbonyl (C=O) groups is 3. The third kappa shape index (κ3) is 5.02. The molecule has 0 bridgehead atoms. The first-order chi connectivity index (χ1) is 19.7. The first-order valence-corrected chi connectivity index (χ1v) is 15.3. The molecule has 0 aliphatic carbocycles. The summed E-state index contributed by atoms with van der Waals surface area (Å²) in [6, 6.07) is 21.7. The van der Waals surface area contributed by atoms with Crippen LogP contribution in [0.1, 0.15) is 21.9 Å². The molecule has 3 amide bonds. The van der Waals surface area contributed by atoms with Gasteiger partial charge in [-0.25, -0.2) is 4.90 Å². The molecular formula is C30H24BrN3O5S2. The Balaban J connectivity index is 1.40. The van der Waals surface area contributed by atoms with E-state index in [1.807, 2.05) is 43.3 Å². The van der Waals surface area contributed by atoms with Gasteiger partial charge in [-0.15, -0.1) is 0 Å². The van der Waals surface area contributed by atoms with E-state index in [0.717, 1.165) is 26.9 Å². The average Bonchev–Trinajstić information content (AvgIpc) is 3.40. The molecule has 3 heterocycles. The fourth-order valence-corrected chi connectivity index (χ4v) is 8.47. The molecule has 8 nitrogen and oxygen atoms in total. The maximum Gasteiger partial charge on any atom is 0.308 e. The topological polar surface area (TPSA) is 97.7 Å². The Bertz CT molecular complexity index is 1730. The van der Waals surface area contributed by atoms with Crippen LogP contribution in [0, 0.1) is 12.8 Å². The Morgan fingerprint density at radius 3 is 2.41 bits per heavy atom. The molecule has 1 aromatic heterocycles. The molecule has 6 rings (SSSR count). The zero-order chi connectivity index (χ0) is 28.8. The van der Waals surface area contributed by atoms with Crippen LogP contribution in [0.2, 0.25) is 0 Å². The molecule has 3 atom stereocenters. The lowest BCUT2D eigenvalue weighted by Gasteiger charge is -2.30. The van der Waals surface area contributed by atoms with E-state index in [4.69, 9.17) is 4.74 Å². The number of carbonyl (C=O) groups excluding carboxylic acids is 3. The van der Waals surface area contributed by atoms with E-state index in [9.17, 15) is 19.2 Å². The van der Waals surface area contributed by atoms with Crippen LogP contribution < -0.4 is 19.8 Å². The number of aryl methyl sites for hydroxylation is 1. The average molecular weight is 651 g/mol. The van der Waals surface area contributed by atoms with Gasteiger partial charge in [0.2, 0.25) is 17.7 Å². The maximum absolute atomic E-state index is 14.0. The number of amides is 3. The van der Waals surface area contributed by atoms with Crippen molar-refractivity contribution in [2.45, 2.75) is 29.7 Å². The first-order valence-electron chi connectivity index (χ1n) is 12.8. The second-order valence-electron chi connectivity index (χ2n) is 9.84. The van der Waals surface area contributed by atoms with Crippen LogP contribution in [0.5, 0.6) is 5.75 Å². The molecule has 1 fully saturated rings. The molecular weight excluding hydrogens is 626 g/mol. The van der Waals surface area contributed by atoms with Gasteiger partial charge < -0.3 is 10.1 Å². The molecule has 2 aliphatic rings. The number of ether oxygens (including phenoxy) is 1. The van der Waals surface area contributed by atoms with E-state index >= 15 is 0 Å². The molecule has 1 N–H and O–H groups in total. The van der Waals surface area contributed by atoms with Crippen molar-refractivity contribution in [1.29, 1.82) is 0 Å². The maximum atomic E-state index is 14.0. The largest absolute Gasteiger partial charge is 0.497 e. The Hall–Kier alpha value is -3.67. The molecule has 11 heteroatoms. The van der Waals surface area contributed by atoms with Crippen molar-refractivity contribution in [3.05, 3.63) is 103 Å². The summed E-state index contributed by atoms with van der Waals surface area (Å²) in [6.45, 7) is 1.75. The van der Waals surface area contributed by atoms with Crippen LogP contribution in [0.4, 0.5) is 11.4 Å². The molecule has 0 radical (unpaired) electrons. The van der Waals surface area contributed by atoms with Crippen molar-refractivity contribution in [2.75, 3.05) is 17.3 Å². The number of fused-ring (bicyclic) bond motifs is 2. The van der Waals surface area contributed by atoms with Gasteiger partial charge in [-0.05, 0) is 61.0 Å². The predicted molar refractivity (Wildman–Crippen MR) is 163 cm³/mol. The third-order valence-corrected chi connectivity index (χ3v) is 10.3. The number of methoxy groups -OCH3 is 1. The van der Waals surface area contributed by atoms with Crippen molar-refractivity contribution in [3.63, 3.8) is 0 Å². The van der Waals surface area contributed by atoms with Crippen molar-refractivity contribution in [2.24, 2.45) is 5.92 Å². The summed E-state index contributed by atoms with van der Waals surface area (Å²) in [5.41, 5.74) is 2.97. The van der Waals surface area contributed by atoms with E-state index in [1.54, 1.807) is 43.5 Å². The number of rotatable bonds is 6. The Kier molecular flexibility index (Phi) is 7.35. The van der Waals surface area contributed by atoms with Crippen molar-refractivity contribution < 1.29 is 19.1 Å². The first kappa shape index (κ1) is 27.5. The molecule has 2 aliphatic heterocycles. The van der Waals surface area contributed by atoms with Crippen molar-refractivity contribution in [3.8, 4) is 5.75 Å². The number of thiazole rings is 1. The number of aromatic nitrogens is 1. The van der Waals surface area contributed by atoms with E-state index in [1.165, 1.54) is 21.2 Å². The Morgan fingerprint density at radius 2 is 1.73 bits per heavy atom. The van der Waals surface area contributed by atoms with Crippen LogP contribution in [0.3, 0.4) is 0 Å². The summed E-state index contributed by atoms with van der Waals surface area (Å²) in [5, 5.41) is 2.62. The SMILES string of the molecule is COc1ccc(N2C(=O)[C@H]3[C@H](c4cccc(Br)c4)c4sc(=O)n(CC(=O)Nc5ccc(C)cc5)c4S[C@H]3C2=O)cc1. The molecule has 0 spiro atoms. The smallest absolute Gasteiger partial charge is 0.308 e. The number of nitrogens with zero attached hydrogens (tertiary/aromatic N) is 2. The van der Waals surface area contributed by atoms with Gasteiger partial charge in [0.15, 0.2) is 0 Å². The second-order valence-corrected chi connectivity index (χ2v) is 12.9. The molecule has 41 heavy (non-hydrogen) atoms. The standard InChI is InChI=1S/C30H24BrN3O5S2/c1-16-6-8-19(9-7-16)32-22(35)15-33-29-26(41-30(33)38)23(17-4-3-5-18(31)14-17)24-25(40-29)28(37)34(27(24)36)20-10-12-21(39-2)13-11-20/h3-14,23-25H,15H2,1-2H3,(H,32,35)/t23-,24-,25+/m0/s1. The second kappa shape index (κ2) is 11.0.